The van der Waals surface area contributed by atoms with E-state index in [2.05, 4.69) is 29.6 Å². The molecular weight excluding hydrogens is 414 g/mol. The van der Waals surface area contributed by atoms with Gasteiger partial charge in [-0.1, -0.05) is 66.2 Å². The van der Waals surface area contributed by atoms with Gasteiger partial charge in [-0.15, -0.1) is 0 Å². The maximum absolute atomic E-state index is 12.3. The molecule has 160 valence electrons. The molecule has 0 radical (unpaired) electrons. The van der Waals surface area contributed by atoms with E-state index >= 15 is 0 Å². The fraction of sp³-hybridized carbons (Fsp3) is 0.240. The Bertz CT molecular complexity index is 1050. The first-order chi connectivity index (χ1) is 15.0. The van der Waals surface area contributed by atoms with Crippen molar-refractivity contribution in [3.8, 4) is 11.1 Å². The van der Waals surface area contributed by atoms with Gasteiger partial charge in [0.15, 0.2) is 0 Å². The Balaban J connectivity index is 1.35. The van der Waals surface area contributed by atoms with E-state index in [1.807, 2.05) is 24.3 Å². The molecule has 1 aliphatic carbocycles. The summed E-state index contributed by atoms with van der Waals surface area (Å²) in [4.78, 5) is 12.3. The number of hydrogen-bond acceptors (Lipinski definition) is 4. The Morgan fingerprint density at radius 3 is 2.26 bits per heavy atom. The molecule has 4 rings (SSSR count). The van der Waals surface area contributed by atoms with E-state index in [1.54, 1.807) is 25.1 Å². The zero-order valence-electron chi connectivity index (χ0n) is 17.1. The quantitative estimate of drug-likeness (QED) is 0.527. The number of hydrogen-bond donors (Lipinski definition) is 3. The largest absolute Gasteiger partial charge is 0.449 e. The van der Waals surface area contributed by atoms with Crippen molar-refractivity contribution in [2.24, 2.45) is 0 Å². The topological polar surface area (TPSA) is 78.8 Å². The molecule has 3 aromatic rings. The molecule has 5 nitrogen and oxygen atoms in total. The molecule has 3 N–H and O–H groups in total. The van der Waals surface area contributed by atoms with Crippen molar-refractivity contribution in [3.63, 3.8) is 0 Å². The van der Waals surface area contributed by atoms with Crippen molar-refractivity contribution >= 4 is 17.7 Å². The third-order valence-corrected chi connectivity index (χ3v) is 5.95. The van der Waals surface area contributed by atoms with Crippen LogP contribution in [-0.4, -0.2) is 35.6 Å². The third-order valence-electron chi connectivity index (χ3n) is 5.71. The molecular formula is C25H24ClNO4. The van der Waals surface area contributed by atoms with Crippen LogP contribution in [0.25, 0.3) is 11.1 Å². The van der Waals surface area contributed by atoms with Gasteiger partial charge < -0.3 is 20.3 Å². The highest BCUT2D eigenvalue weighted by Gasteiger charge is 2.29. The number of nitrogens with one attached hydrogen (secondary N) is 1. The van der Waals surface area contributed by atoms with Crippen LogP contribution in [0, 0.1) is 6.92 Å². The van der Waals surface area contributed by atoms with Crippen molar-refractivity contribution in [2.45, 2.75) is 25.0 Å². The van der Waals surface area contributed by atoms with E-state index in [-0.39, 0.29) is 19.1 Å². The van der Waals surface area contributed by atoms with Gasteiger partial charge in [0.25, 0.3) is 0 Å². The van der Waals surface area contributed by atoms with Crippen LogP contribution in [0.2, 0.25) is 5.02 Å². The highest BCUT2D eigenvalue weighted by molar-refractivity contribution is 6.30. The number of benzene rings is 3. The van der Waals surface area contributed by atoms with Crippen molar-refractivity contribution in [1.29, 1.82) is 0 Å². The second-order valence-corrected chi connectivity index (χ2v) is 8.16. The number of amides is 1. The summed E-state index contributed by atoms with van der Waals surface area (Å²) in [5.41, 5.74) is 5.90. The second kappa shape index (κ2) is 9.10. The van der Waals surface area contributed by atoms with Crippen molar-refractivity contribution in [3.05, 3.63) is 94.0 Å². The number of carbonyl (C=O) groups excluding carboxylic acids is 1. The number of aliphatic hydroxyl groups is 2. The Morgan fingerprint density at radius 1 is 1.03 bits per heavy atom. The van der Waals surface area contributed by atoms with Crippen LogP contribution < -0.4 is 5.32 Å². The Morgan fingerprint density at radius 2 is 1.65 bits per heavy atom. The lowest BCUT2D eigenvalue weighted by molar-refractivity contribution is 0.0182. The third kappa shape index (κ3) is 4.44. The molecule has 6 heteroatoms. The number of fused-ring (bicyclic) bond motifs is 3. The predicted octanol–water partition coefficient (Wildman–Crippen LogP) is 4.58. The molecule has 0 saturated carbocycles. The summed E-state index contributed by atoms with van der Waals surface area (Å²) in [6.07, 6.45) is -2.97. The maximum Gasteiger partial charge on any atom is 0.407 e. The maximum atomic E-state index is 12.3. The van der Waals surface area contributed by atoms with Crippen LogP contribution in [-0.2, 0) is 4.74 Å². The normalized spacial score (nSPS) is 14.5. The molecule has 0 saturated heterocycles. The number of aliphatic hydroxyl groups excluding tert-OH is 2. The van der Waals surface area contributed by atoms with E-state index in [1.165, 1.54) is 0 Å². The number of ether oxygens (including phenoxy) is 1. The molecule has 0 spiro atoms. The smallest absolute Gasteiger partial charge is 0.407 e. The van der Waals surface area contributed by atoms with Crippen LogP contribution in [0.15, 0.2) is 66.7 Å². The fourth-order valence-corrected chi connectivity index (χ4v) is 4.35. The monoisotopic (exact) mass is 437 g/mol. The molecule has 0 heterocycles. The van der Waals surface area contributed by atoms with Crippen molar-refractivity contribution < 1.29 is 19.7 Å². The van der Waals surface area contributed by atoms with Gasteiger partial charge in [-0.25, -0.2) is 4.79 Å². The molecule has 1 amide bonds. The molecule has 0 bridgehead atoms. The number of aryl methyl sites for hydroxylation is 1. The zero-order chi connectivity index (χ0) is 22.0. The highest BCUT2D eigenvalue weighted by Crippen LogP contribution is 2.44. The summed E-state index contributed by atoms with van der Waals surface area (Å²) in [6.45, 7) is 1.85. The van der Waals surface area contributed by atoms with Gasteiger partial charge >= 0.3 is 6.09 Å². The lowest BCUT2D eigenvalue weighted by Gasteiger charge is -2.21. The van der Waals surface area contributed by atoms with Gasteiger partial charge in [-0.05, 0) is 52.4 Å². The molecule has 1 aliphatic rings. The molecule has 0 fully saturated rings. The number of rotatable bonds is 6. The molecule has 2 atom stereocenters. The average Bonchev–Trinajstić information content (AvgIpc) is 3.09. The van der Waals surface area contributed by atoms with E-state index in [9.17, 15) is 15.0 Å². The molecule has 31 heavy (non-hydrogen) atoms. The van der Waals surface area contributed by atoms with Crippen LogP contribution in [0.4, 0.5) is 4.79 Å². The first-order valence-corrected chi connectivity index (χ1v) is 10.5. The zero-order valence-corrected chi connectivity index (χ0v) is 17.8. The van der Waals surface area contributed by atoms with E-state index in [0.717, 1.165) is 27.8 Å². The summed E-state index contributed by atoms with van der Waals surface area (Å²) < 4.78 is 5.45. The van der Waals surface area contributed by atoms with Gasteiger partial charge in [0, 0.05) is 17.5 Å². The van der Waals surface area contributed by atoms with Gasteiger partial charge in [-0.3, -0.25) is 0 Å². The number of carbonyl (C=O) groups is 1. The van der Waals surface area contributed by atoms with Gasteiger partial charge in [0.2, 0.25) is 0 Å². The predicted molar refractivity (Wildman–Crippen MR) is 120 cm³/mol. The van der Waals surface area contributed by atoms with E-state index < -0.39 is 18.3 Å². The van der Waals surface area contributed by atoms with Crippen LogP contribution >= 0.6 is 11.6 Å². The Hall–Kier alpha value is -2.86. The first-order valence-electron chi connectivity index (χ1n) is 10.2. The lowest BCUT2D eigenvalue weighted by atomic mass is 9.98. The standard InChI is InChI=1S/C25H24ClNO4/c1-15-12-16(26)10-11-17(15)24(29)23(28)13-27-25(30)31-14-22-20-8-4-2-6-18(20)19-7-3-5-9-21(19)22/h2-12,22-24,28-29H,13-14H2,1H3,(H,27,30). The molecule has 2 unspecified atom stereocenters. The summed E-state index contributed by atoms with van der Waals surface area (Å²) in [5.74, 6) is -0.0367. The summed E-state index contributed by atoms with van der Waals surface area (Å²) in [5, 5.41) is 23.8. The molecule has 0 aliphatic heterocycles. The Kier molecular flexibility index (Phi) is 6.28. The minimum absolute atomic E-state index is 0.0367. The lowest BCUT2D eigenvalue weighted by Crippen LogP contribution is -2.36. The van der Waals surface area contributed by atoms with E-state index in [4.69, 9.17) is 16.3 Å². The summed E-state index contributed by atoms with van der Waals surface area (Å²) in [6, 6.07) is 21.2. The van der Waals surface area contributed by atoms with Crippen LogP contribution in [0.3, 0.4) is 0 Å². The SMILES string of the molecule is Cc1cc(Cl)ccc1C(O)C(O)CNC(=O)OCC1c2ccccc2-c2ccccc21. The molecule has 3 aromatic carbocycles. The van der Waals surface area contributed by atoms with Crippen LogP contribution in [0.5, 0.6) is 0 Å². The fourth-order valence-electron chi connectivity index (χ4n) is 4.13. The summed E-state index contributed by atoms with van der Waals surface area (Å²) in [7, 11) is 0. The summed E-state index contributed by atoms with van der Waals surface area (Å²) >= 11 is 5.94. The highest BCUT2D eigenvalue weighted by atomic mass is 35.5. The first kappa shape index (κ1) is 21.4. The minimum atomic E-state index is -1.18. The van der Waals surface area contributed by atoms with Gasteiger partial charge in [0.1, 0.15) is 18.8 Å². The van der Waals surface area contributed by atoms with Gasteiger partial charge in [0.05, 0.1) is 0 Å². The van der Waals surface area contributed by atoms with Crippen LogP contribution in [0.1, 0.15) is 34.3 Å². The second-order valence-electron chi connectivity index (χ2n) is 7.72. The number of alkyl carbamates (subject to hydrolysis) is 1. The van der Waals surface area contributed by atoms with E-state index in [0.29, 0.717) is 10.6 Å². The Labute approximate surface area is 186 Å². The molecule has 0 aromatic heterocycles. The number of halogens is 1. The minimum Gasteiger partial charge on any atom is -0.449 e. The van der Waals surface area contributed by atoms with Crippen molar-refractivity contribution in [1.82, 2.24) is 5.32 Å². The average molecular weight is 438 g/mol. The van der Waals surface area contributed by atoms with Crippen molar-refractivity contribution in [2.75, 3.05) is 13.2 Å². The van der Waals surface area contributed by atoms with Gasteiger partial charge in [-0.2, -0.15) is 0 Å².